The lowest BCUT2D eigenvalue weighted by Crippen LogP contribution is -2.58. The van der Waals surface area contributed by atoms with Gasteiger partial charge in [0.25, 0.3) is 0 Å². The maximum Gasteiger partial charge on any atom is 0.245 e. The molecule has 0 unspecified atom stereocenters. The normalized spacial score (nSPS) is 24.0. The summed E-state index contributed by atoms with van der Waals surface area (Å²) < 4.78 is 0. The maximum absolute atomic E-state index is 15.7. The van der Waals surface area contributed by atoms with E-state index >= 15 is 43.2 Å². The van der Waals surface area contributed by atoms with E-state index in [0.29, 0.717) is 50.0 Å². The van der Waals surface area contributed by atoms with Gasteiger partial charge in [0, 0.05) is 105 Å². The van der Waals surface area contributed by atoms with Crippen LogP contribution in [0, 0.1) is 41.4 Å². The van der Waals surface area contributed by atoms with E-state index in [9.17, 15) is 24.0 Å². The molecular weight excluding hydrogens is 1460 g/mol. The molecule has 0 aromatic heterocycles. The summed E-state index contributed by atoms with van der Waals surface area (Å²) in [5.41, 5.74) is 2.03. The van der Waals surface area contributed by atoms with Crippen molar-refractivity contribution in [3.8, 4) is 0 Å². The third kappa shape index (κ3) is 28.9. The second-order valence-electron chi connectivity index (χ2n) is 34.5. The first kappa shape index (κ1) is 94.7. The molecule has 26 nitrogen and oxygen atoms in total. The van der Waals surface area contributed by atoms with Crippen LogP contribution in [-0.4, -0.2) is 258 Å². The minimum Gasteiger partial charge on any atom is -0.346 e. The molecule has 11 amide bonds. The van der Waals surface area contributed by atoms with Gasteiger partial charge in [0.2, 0.25) is 65.0 Å². The molecule has 3 aromatic rings. The molecule has 115 heavy (non-hydrogen) atoms. The number of fused-ring (bicyclic) bond motifs is 1. The molecule has 3 aromatic carbocycles. The van der Waals surface area contributed by atoms with E-state index < -0.39 is 168 Å². The summed E-state index contributed by atoms with van der Waals surface area (Å²) in [7, 11) is 11.0. The van der Waals surface area contributed by atoms with Gasteiger partial charge in [0.1, 0.15) is 36.3 Å². The molecule has 3 saturated heterocycles. The van der Waals surface area contributed by atoms with Crippen molar-refractivity contribution < 1.29 is 67.1 Å². The highest BCUT2D eigenvalue weighted by Gasteiger charge is 2.44. The van der Waals surface area contributed by atoms with Crippen LogP contribution < -0.4 is 21.3 Å². The van der Waals surface area contributed by atoms with E-state index in [1.807, 2.05) is 105 Å². The van der Waals surface area contributed by atoms with E-state index in [1.165, 1.54) is 66.7 Å². The number of carbonyl (C=O) groups is 14. The van der Waals surface area contributed by atoms with Crippen molar-refractivity contribution in [1.29, 1.82) is 0 Å². The van der Waals surface area contributed by atoms with E-state index in [-0.39, 0.29) is 107 Å². The van der Waals surface area contributed by atoms with E-state index in [4.69, 9.17) is 0 Å². The minimum absolute atomic E-state index is 0.0491. The number of likely N-dealkylation sites (N-methyl/N-ethyl adjacent to an activating group) is 5. The number of Topliss-reactive ketones (excluding diaryl/α,β-unsaturated/α-hetero) is 3. The van der Waals surface area contributed by atoms with Gasteiger partial charge in [-0.05, 0) is 152 Å². The molecule has 0 radical (unpaired) electrons. The van der Waals surface area contributed by atoms with Crippen LogP contribution in [0.3, 0.4) is 0 Å². The lowest BCUT2D eigenvalue weighted by molar-refractivity contribution is -0.150. The first-order valence-corrected chi connectivity index (χ1v) is 41.8. The van der Waals surface area contributed by atoms with E-state index in [2.05, 4.69) is 21.3 Å². The topological polar surface area (TPSA) is 313 Å². The Hall–Kier alpha value is -9.20. The van der Waals surface area contributed by atoms with Gasteiger partial charge < -0.3 is 60.5 Å². The number of unbranched alkanes of at least 4 members (excludes halogenated alkanes) is 1. The van der Waals surface area contributed by atoms with Crippen LogP contribution in [0.25, 0.3) is 0 Å². The summed E-state index contributed by atoms with van der Waals surface area (Å²) in [5.74, 6) is -12.8. The van der Waals surface area contributed by atoms with Crippen molar-refractivity contribution in [3.63, 3.8) is 0 Å². The van der Waals surface area contributed by atoms with Gasteiger partial charge in [-0.3, -0.25) is 67.1 Å². The molecule has 3 fully saturated rings. The van der Waals surface area contributed by atoms with Gasteiger partial charge in [-0.2, -0.15) is 0 Å². The first-order chi connectivity index (χ1) is 54.4. The number of amides is 11. The van der Waals surface area contributed by atoms with E-state index in [1.54, 1.807) is 72.5 Å². The first-order valence-electron chi connectivity index (χ1n) is 41.8. The van der Waals surface area contributed by atoms with Crippen LogP contribution in [0.2, 0.25) is 0 Å². The van der Waals surface area contributed by atoms with Crippen molar-refractivity contribution in [2.24, 2.45) is 41.4 Å². The molecule has 0 aliphatic carbocycles. The smallest absolute Gasteiger partial charge is 0.245 e. The average molecular weight is 1600 g/mol. The number of hydrogen-bond donors (Lipinski definition) is 4. The lowest BCUT2D eigenvalue weighted by atomic mass is 9.87. The number of benzene rings is 3. The minimum atomic E-state index is -1.55. The average Bonchev–Trinajstić information content (AvgIpc) is 1.74. The summed E-state index contributed by atoms with van der Waals surface area (Å²) in [5, 5.41) is 11.6. The fourth-order valence-electron chi connectivity index (χ4n) is 16.0. The second kappa shape index (κ2) is 45.9. The Morgan fingerprint density at radius 2 is 1.03 bits per heavy atom. The molecular formula is C89H134N12O14. The third-order valence-electron chi connectivity index (χ3n) is 22.6. The SMILES string of the molecule is CC(C)C[C@@H]1NC(=O)[C@H](CCCCN(C)C)CC(=O)[C@@H]2CCCN2C(=O)[C@H](C)NC(=O)[C@H](CC(C)C)N(C)C(=O)[C@H](Cc2ccccc2)CC(=O)[C@H](CC(C)C)N(C)C(=O)[C@H](CC(C)C)N(C)C(=O)[C@H](Cc2ccccc2)NC(=O)CN(C)C(=O)C[C@@H](C(=O)N(C)[C@@H](Cc2ccccc2)C(=O)N[C@@H](C)C(=O)N2CCCCC2)CC1=O. The Balaban J connectivity index is 1.48. The van der Waals surface area contributed by atoms with Gasteiger partial charge in [0.05, 0.1) is 30.6 Å². The van der Waals surface area contributed by atoms with Gasteiger partial charge >= 0.3 is 0 Å². The zero-order valence-electron chi connectivity index (χ0n) is 71.7. The Morgan fingerprint density at radius 3 is 1.61 bits per heavy atom. The second-order valence-corrected chi connectivity index (χ2v) is 34.5. The molecule has 26 heteroatoms. The predicted octanol–water partition coefficient (Wildman–Crippen LogP) is 7.51. The molecule has 3 aliphatic rings. The van der Waals surface area contributed by atoms with Gasteiger partial charge in [0.15, 0.2) is 17.3 Å². The number of nitrogens with one attached hydrogen (secondary N) is 4. The molecule has 12 atom stereocenters. The number of ketones is 3. The third-order valence-corrected chi connectivity index (χ3v) is 22.6. The Morgan fingerprint density at radius 1 is 0.504 bits per heavy atom. The highest BCUT2D eigenvalue weighted by Crippen LogP contribution is 2.30. The van der Waals surface area contributed by atoms with Crippen molar-refractivity contribution in [2.45, 2.75) is 246 Å². The van der Waals surface area contributed by atoms with Crippen LogP contribution in [0.4, 0.5) is 0 Å². The van der Waals surface area contributed by atoms with Gasteiger partial charge in [-0.1, -0.05) is 153 Å². The van der Waals surface area contributed by atoms with Crippen LogP contribution in [0.1, 0.15) is 189 Å². The summed E-state index contributed by atoms with van der Waals surface area (Å²) in [6.07, 6.45) is 3.07. The molecule has 0 spiro atoms. The summed E-state index contributed by atoms with van der Waals surface area (Å²) >= 11 is 0. The summed E-state index contributed by atoms with van der Waals surface area (Å²) in [6, 6.07) is 16.3. The largest absolute Gasteiger partial charge is 0.346 e. The Kier molecular flexibility index (Phi) is 37.8. The van der Waals surface area contributed by atoms with Crippen molar-refractivity contribution in [2.75, 3.05) is 82.1 Å². The van der Waals surface area contributed by atoms with Crippen molar-refractivity contribution >= 4 is 82.3 Å². The molecule has 3 aliphatic heterocycles. The molecule has 6 rings (SSSR count). The van der Waals surface area contributed by atoms with Gasteiger partial charge in [-0.15, -0.1) is 0 Å². The number of rotatable bonds is 24. The standard InChI is InChI=1S/C89H134N12O14/c1-57(2)45-69-76(102)53-68(87(113)98(16)74(51-65-37-26-20-27-38-65)83(109)90-61(9)84(110)100-42-29-21-30-43-100)55-80(106)95(13)56-79(105)92-70(50-64-35-24-19-25-36-64)88(114)99(17)75(48-60(7)8)89(115)96(14)72(46-58(3)4)78(104)54-67(49-63-33-22-18-23-34-63)86(112)97(15)73(47-59(5)6)82(108)91-62(10)85(111)101-44-32-40-71(101)77(103)52-66(81(107)93-69)39-28-31-41-94(11)12/h18-20,22-27,33-38,57-62,66-75H,21,28-32,39-56H2,1-17H3,(H,90,109)(H,91,108)(H,92,105)(H,93,107)/t61-,62-,66+,67+,68-,69-,70-,71-,72-,73-,74-,75-/m0/s1. The maximum atomic E-state index is 15.7. The molecule has 4 N–H and O–H groups in total. The Bertz CT molecular complexity index is 3760. The highest BCUT2D eigenvalue weighted by atomic mass is 16.2. The predicted molar refractivity (Wildman–Crippen MR) is 443 cm³/mol. The zero-order chi connectivity index (χ0) is 85.1. The summed E-state index contributed by atoms with van der Waals surface area (Å²) in [4.78, 5) is 223. The number of piperidine rings is 1. The van der Waals surface area contributed by atoms with Crippen LogP contribution in [0.15, 0.2) is 91.0 Å². The lowest BCUT2D eigenvalue weighted by Gasteiger charge is -2.37. The quantitative estimate of drug-likeness (QED) is 0.0631. The molecule has 0 bridgehead atoms. The monoisotopic (exact) mass is 1600 g/mol. The van der Waals surface area contributed by atoms with E-state index in [0.717, 1.165) is 29.7 Å². The molecule has 634 valence electrons. The van der Waals surface area contributed by atoms with Gasteiger partial charge in [-0.25, -0.2) is 0 Å². The molecule has 0 saturated carbocycles. The number of likely N-dealkylation sites (tertiary alicyclic amines) is 1. The Labute approximate surface area is 683 Å². The van der Waals surface area contributed by atoms with Crippen LogP contribution in [0.5, 0.6) is 0 Å². The van der Waals surface area contributed by atoms with Crippen LogP contribution in [-0.2, 0) is 86.4 Å². The fourth-order valence-corrected chi connectivity index (χ4v) is 16.0. The van der Waals surface area contributed by atoms with Crippen molar-refractivity contribution in [1.82, 2.24) is 60.5 Å². The number of hydrogen-bond acceptors (Lipinski definition) is 15. The molecule has 3 heterocycles. The highest BCUT2D eigenvalue weighted by molar-refractivity contribution is 6.01. The van der Waals surface area contributed by atoms with Crippen molar-refractivity contribution in [3.05, 3.63) is 108 Å². The number of nitrogens with zero attached hydrogens (tertiary/aromatic N) is 8. The zero-order valence-corrected chi connectivity index (χ0v) is 71.7. The number of carbonyl (C=O) groups excluding carboxylic acids is 14. The fraction of sp³-hybridized carbons (Fsp3) is 0.640. The summed E-state index contributed by atoms with van der Waals surface area (Å²) in [6.45, 7) is 19.4. The van der Waals surface area contributed by atoms with Crippen LogP contribution >= 0.6 is 0 Å².